The van der Waals surface area contributed by atoms with E-state index in [-0.39, 0.29) is 6.54 Å². The predicted molar refractivity (Wildman–Crippen MR) is 59.3 cm³/mol. The van der Waals surface area contributed by atoms with Crippen LogP contribution in [-0.4, -0.2) is 23.7 Å². The van der Waals surface area contributed by atoms with Gasteiger partial charge in [0.05, 0.1) is 23.0 Å². The molecule has 0 saturated carbocycles. The Morgan fingerprint density at radius 2 is 2.31 bits per heavy atom. The first kappa shape index (κ1) is 11.8. The highest BCUT2D eigenvalue weighted by molar-refractivity contribution is 5.79. The number of carbonyl (C=O) groups excluding carboxylic acids is 1. The molecule has 1 atom stereocenters. The van der Waals surface area contributed by atoms with Crippen molar-refractivity contribution in [1.82, 2.24) is 0 Å². The largest absolute Gasteiger partial charge is 0.397 e. The van der Waals surface area contributed by atoms with Crippen LogP contribution in [0.5, 0.6) is 0 Å². The zero-order valence-corrected chi connectivity index (χ0v) is 8.47. The summed E-state index contributed by atoms with van der Waals surface area (Å²) in [6.07, 6.45) is -1.29. The van der Waals surface area contributed by atoms with E-state index >= 15 is 0 Å². The van der Waals surface area contributed by atoms with Gasteiger partial charge in [-0.1, -0.05) is 0 Å². The fourth-order valence-corrected chi connectivity index (χ4v) is 1.09. The van der Waals surface area contributed by atoms with Crippen molar-refractivity contribution < 1.29 is 9.90 Å². The molecule has 0 heterocycles. The number of aliphatic hydroxyl groups excluding tert-OH is 1. The van der Waals surface area contributed by atoms with Gasteiger partial charge in [-0.05, 0) is 18.2 Å². The predicted octanol–water partition coefficient (Wildman–Crippen LogP) is -0.601. The van der Waals surface area contributed by atoms with Crippen molar-refractivity contribution in [3.63, 3.8) is 0 Å². The summed E-state index contributed by atoms with van der Waals surface area (Å²) in [4.78, 5) is 10.6. The van der Waals surface area contributed by atoms with E-state index in [2.05, 4.69) is 5.32 Å². The lowest BCUT2D eigenvalue weighted by Crippen LogP contribution is -2.34. The molecule has 0 radical (unpaired) electrons. The van der Waals surface area contributed by atoms with Gasteiger partial charge in [-0.3, -0.25) is 4.79 Å². The van der Waals surface area contributed by atoms with Gasteiger partial charge in [-0.25, -0.2) is 0 Å². The van der Waals surface area contributed by atoms with Crippen LogP contribution < -0.4 is 16.8 Å². The van der Waals surface area contributed by atoms with E-state index in [1.54, 1.807) is 12.1 Å². The number of benzene rings is 1. The SMILES string of the molecule is N#Cc1ccc(N)c(NCC(O)C(N)=O)c1. The lowest BCUT2D eigenvalue weighted by atomic mass is 10.2. The van der Waals surface area contributed by atoms with Crippen molar-refractivity contribution in [2.75, 3.05) is 17.6 Å². The van der Waals surface area contributed by atoms with E-state index in [1.807, 2.05) is 6.07 Å². The number of nitrogen functional groups attached to an aromatic ring is 1. The first-order chi connectivity index (χ1) is 7.54. The van der Waals surface area contributed by atoms with Crippen LogP contribution in [0.4, 0.5) is 11.4 Å². The summed E-state index contributed by atoms with van der Waals surface area (Å²) in [6, 6.07) is 6.63. The number of hydrogen-bond acceptors (Lipinski definition) is 5. The molecule has 0 aliphatic rings. The average molecular weight is 220 g/mol. The van der Waals surface area contributed by atoms with Gasteiger partial charge in [0.2, 0.25) is 5.91 Å². The fraction of sp³-hybridized carbons (Fsp3) is 0.200. The Morgan fingerprint density at radius 3 is 2.88 bits per heavy atom. The molecule has 1 amide bonds. The standard InChI is InChI=1S/C10H12N4O2/c11-4-6-1-2-7(12)8(3-6)14-5-9(15)10(13)16/h1-3,9,14-15H,5,12H2,(H2,13,16). The number of aliphatic hydroxyl groups is 1. The molecule has 0 aliphatic carbocycles. The summed E-state index contributed by atoms with van der Waals surface area (Å²) in [6.45, 7) is -0.0472. The number of amides is 1. The maximum absolute atomic E-state index is 10.6. The maximum Gasteiger partial charge on any atom is 0.248 e. The highest BCUT2D eigenvalue weighted by atomic mass is 16.3. The van der Waals surface area contributed by atoms with Crippen LogP contribution in [0.3, 0.4) is 0 Å². The quantitative estimate of drug-likeness (QED) is 0.504. The molecular weight excluding hydrogens is 208 g/mol. The van der Waals surface area contributed by atoms with E-state index in [9.17, 15) is 4.79 Å². The van der Waals surface area contributed by atoms with Gasteiger partial charge >= 0.3 is 0 Å². The second-order valence-electron chi connectivity index (χ2n) is 3.21. The summed E-state index contributed by atoms with van der Waals surface area (Å²) in [5, 5.41) is 20.6. The van der Waals surface area contributed by atoms with E-state index in [1.165, 1.54) is 6.07 Å². The Morgan fingerprint density at radius 1 is 1.62 bits per heavy atom. The maximum atomic E-state index is 10.6. The molecule has 1 rings (SSSR count). The van der Waals surface area contributed by atoms with Crippen LogP contribution in [-0.2, 0) is 4.79 Å². The molecule has 6 N–H and O–H groups in total. The van der Waals surface area contributed by atoms with Gasteiger partial charge in [0, 0.05) is 6.54 Å². The molecule has 16 heavy (non-hydrogen) atoms. The number of nitriles is 1. The number of nitrogens with one attached hydrogen (secondary N) is 1. The molecule has 0 aliphatic heterocycles. The minimum absolute atomic E-state index is 0.0472. The Kier molecular flexibility index (Phi) is 3.69. The summed E-state index contributed by atoms with van der Waals surface area (Å²) < 4.78 is 0. The monoisotopic (exact) mass is 220 g/mol. The Hall–Kier alpha value is -2.26. The van der Waals surface area contributed by atoms with E-state index in [0.717, 1.165) is 0 Å². The second-order valence-corrected chi connectivity index (χ2v) is 3.21. The summed E-state index contributed by atoms with van der Waals surface area (Å²) in [5.41, 5.74) is 11.9. The van der Waals surface area contributed by atoms with E-state index in [4.69, 9.17) is 21.8 Å². The van der Waals surface area contributed by atoms with Crippen molar-refractivity contribution in [2.45, 2.75) is 6.10 Å². The number of nitrogens with two attached hydrogens (primary N) is 2. The fourth-order valence-electron chi connectivity index (χ4n) is 1.09. The van der Waals surface area contributed by atoms with Crippen molar-refractivity contribution in [1.29, 1.82) is 5.26 Å². The number of hydrogen-bond donors (Lipinski definition) is 4. The van der Waals surface area contributed by atoms with Crippen molar-refractivity contribution in [3.8, 4) is 6.07 Å². The Balaban J connectivity index is 2.74. The molecular formula is C10H12N4O2. The third-order valence-electron chi connectivity index (χ3n) is 2.00. The zero-order valence-electron chi connectivity index (χ0n) is 8.47. The first-order valence-corrected chi connectivity index (χ1v) is 4.55. The Labute approximate surface area is 92.5 Å². The van der Waals surface area contributed by atoms with Crippen LogP contribution in [0.15, 0.2) is 18.2 Å². The topological polar surface area (TPSA) is 125 Å². The number of anilines is 2. The van der Waals surface area contributed by atoms with E-state index < -0.39 is 12.0 Å². The number of nitrogens with zero attached hydrogens (tertiary/aromatic N) is 1. The minimum Gasteiger partial charge on any atom is -0.397 e. The first-order valence-electron chi connectivity index (χ1n) is 4.55. The molecule has 6 heteroatoms. The second kappa shape index (κ2) is 5.00. The van der Waals surface area contributed by atoms with E-state index in [0.29, 0.717) is 16.9 Å². The highest BCUT2D eigenvalue weighted by Crippen LogP contribution is 2.19. The lowest BCUT2D eigenvalue weighted by Gasteiger charge is -2.11. The molecule has 0 spiro atoms. The summed E-state index contributed by atoms with van der Waals surface area (Å²) in [5.74, 6) is -0.817. The smallest absolute Gasteiger partial charge is 0.248 e. The molecule has 1 aromatic carbocycles. The molecule has 0 aromatic heterocycles. The third-order valence-corrected chi connectivity index (χ3v) is 2.00. The summed E-state index contributed by atoms with van der Waals surface area (Å²) in [7, 11) is 0. The van der Waals surface area contributed by atoms with Crippen LogP contribution in [0.2, 0.25) is 0 Å². The molecule has 0 saturated heterocycles. The van der Waals surface area contributed by atoms with Crippen LogP contribution in [0.25, 0.3) is 0 Å². The molecule has 6 nitrogen and oxygen atoms in total. The average Bonchev–Trinajstić information content (AvgIpc) is 2.27. The molecule has 84 valence electrons. The van der Waals surface area contributed by atoms with Crippen LogP contribution in [0, 0.1) is 11.3 Å². The molecule has 1 aromatic rings. The van der Waals surface area contributed by atoms with Gasteiger partial charge in [0.25, 0.3) is 0 Å². The highest BCUT2D eigenvalue weighted by Gasteiger charge is 2.10. The minimum atomic E-state index is -1.29. The summed E-state index contributed by atoms with van der Waals surface area (Å²) >= 11 is 0. The van der Waals surface area contributed by atoms with Gasteiger partial charge in [-0.15, -0.1) is 0 Å². The van der Waals surface area contributed by atoms with Gasteiger partial charge in [0.15, 0.2) is 0 Å². The van der Waals surface area contributed by atoms with Crippen LogP contribution in [0.1, 0.15) is 5.56 Å². The van der Waals surface area contributed by atoms with Gasteiger partial charge in [0.1, 0.15) is 6.10 Å². The number of carbonyl (C=O) groups is 1. The van der Waals surface area contributed by atoms with Crippen molar-refractivity contribution in [2.24, 2.45) is 5.73 Å². The normalized spacial score (nSPS) is 11.5. The molecule has 0 bridgehead atoms. The number of rotatable bonds is 4. The molecule has 1 unspecified atom stereocenters. The van der Waals surface area contributed by atoms with Gasteiger partial charge in [-0.2, -0.15) is 5.26 Å². The van der Waals surface area contributed by atoms with Crippen molar-refractivity contribution in [3.05, 3.63) is 23.8 Å². The third kappa shape index (κ3) is 2.87. The zero-order chi connectivity index (χ0) is 12.1. The van der Waals surface area contributed by atoms with Crippen LogP contribution >= 0.6 is 0 Å². The lowest BCUT2D eigenvalue weighted by molar-refractivity contribution is -0.125. The van der Waals surface area contributed by atoms with Gasteiger partial charge < -0.3 is 21.9 Å². The Bertz CT molecular complexity index is 439. The number of primary amides is 1. The molecule has 0 fully saturated rings. The van der Waals surface area contributed by atoms with Crippen molar-refractivity contribution >= 4 is 17.3 Å².